The molecule has 0 aliphatic carbocycles. The number of nitrogens with zero attached hydrogens (tertiary/aromatic N) is 3. The highest BCUT2D eigenvalue weighted by atomic mass is 35.5. The van der Waals surface area contributed by atoms with E-state index in [0.717, 1.165) is 29.7 Å². The van der Waals surface area contributed by atoms with Gasteiger partial charge in [0.2, 0.25) is 5.91 Å². The molecule has 1 saturated heterocycles. The maximum Gasteiger partial charge on any atom is 0.258 e. The second-order valence-electron chi connectivity index (χ2n) is 8.84. The summed E-state index contributed by atoms with van der Waals surface area (Å²) in [7, 11) is 0. The van der Waals surface area contributed by atoms with Crippen LogP contribution in [0.15, 0.2) is 42.5 Å². The molecule has 1 unspecified atom stereocenters. The van der Waals surface area contributed by atoms with E-state index in [-0.39, 0.29) is 29.8 Å². The molecule has 2 aliphatic rings. The van der Waals surface area contributed by atoms with Gasteiger partial charge in [0.15, 0.2) is 0 Å². The Morgan fingerprint density at radius 2 is 2.03 bits per heavy atom. The van der Waals surface area contributed by atoms with Crippen molar-refractivity contribution in [3.8, 4) is 6.07 Å². The number of para-hydroxylation sites is 1. The van der Waals surface area contributed by atoms with Crippen molar-refractivity contribution in [3.63, 3.8) is 0 Å². The van der Waals surface area contributed by atoms with Gasteiger partial charge in [0.1, 0.15) is 6.04 Å². The van der Waals surface area contributed by atoms with Crippen LogP contribution in [0.1, 0.15) is 48.2 Å². The maximum atomic E-state index is 13.6. The summed E-state index contributed by atoms with van der Waals surface area (Å²) in [6.07, 6.45) is 1.60. The smallest absolute Gasteiger partial charge is 0.258 e. The number of halogens is 1. The van der Waals surface area contributed by atoms with Crippen LogP contribution in [-0.2, 0) is 10.2 Å². The third-order valence-corrected chi connectivity index (χ3v) is 6.74. The van der Waals surface area contributed by atoms with Crippen LogP contribution in [-0.4, -0.2) is 48.9 Å². The summed E-state index contributed by atoms with van der Waals surface area (Å²) in [5.74, 6) is -0.173. The maximum absolute atomic E-state index is 13.6. The minimum absolute atomic E-state index is 0.0742. The van der Waals surface area contributed by atoms with Crippen molar-refractivity contribution in [1.29, 1.82) is 5.26 Å². The van der Waals surface area contributed by atoms with Gasteiger partial charge in [0.05, 0.1) is 12.6 Å². The van der Waals surface area contributed by atoms with Gasteiger partial charge in [-0.2, -0.15) is 5.26 Å². The fourth-order valence-corrected chi connectivity index (χ4v) is 4.96. The number of amides is 2. The first-order chi connectivity index (χ1) is 15.3. The highest BCUT2D eigenvalue weighted by Gasteiger charge is 2.37. The number of fused-ring (bicyclic) bond motifs is 2. The van der Waals surface area contributed by atoms with E-state index < -0.39 is 0 Å². The van der Waals surface area contributed by atoms with Crippen molar-refractivity contribution < 1.29 is 9.59 Å². The molecule has 0 aromatic heterocycles. The summed E-state index contributed by atoms with van der Waals surface area (Å²) in [5.41, 5.74) is 3.11. The summed E-state index contributed by atoms with van der Waals surface area (Å²) in [4.78, 5) is 29.5. The highest BCUT2D eigenvalue weighted by Crippen LogP contribution is 2.43. The van der Waals surface area contributed by atoms with Crippen LogP contribution in [0, 0.1) is 11.3 Å². The molecule has 1 atom stereocenters. The van der Waals surface area contributed by atoms with Gasteiger partial charge in [-0.15, -0.1) is 0 Å². The van der Waals surface area contributed by atoms with Crippen LogP contribution in [0.5, 0.6) is 0 Å². The van der Waals surface area contributed by atoms with Crippen LogP contribution in [0.2, 0.25) is 5.02 Å². The standard InChI is InChI=1S/C25H27ClN4O2/c1-25(2)20-10-9-17(26)14-19(20)24(32)30(22-8-4-3-7-21(22)25)13-11-28-16-23(31)29-12-5-6-18(29)15-27/h3-4,7-10,14,18,28H,5-6,11-13,16H2,1-2H3. The molecule has 0 saturated carbocycles. The monoisotopic (exact) mass is 450 g/mol. The average Bonchev–Trinajstić information content (AvgIpc) is 3.25. The summed E-state index contributed by atoms with van der Waals surface area (Å²) >= 11 is 6.25. The molecule has 0 spiro atoms. The summed E-state index contributed by atoms with van der Waals surface area (Å²) < 4.78 is 0. The molecular formula is C25H27ClN4O2. The first kappa shape index (κ1) is 22.3. The predicted octanol–water partition coefficient (Wildman–Crippen LogP) is 3.73. The van der Waals surface area contributed by atoms with E-state index in [0.29, 0.717) is 30.2 Å². The molecule has 7 heteroatoms. The topological polar surface area (TPSA) is 76.4 Å². The number of carbonyl (C=O) groups excluding carboxylic acids is 2. The predicted molar refractivity (Wildman–Crippen MR) is 125 cm³/mol. The van der Waals surface area contributed by atoms with Crippen molar-refractivity contribution in [1.82, 2.24) is 10.2 Å². The fourth-order valence-electron chi connectivity index (χ4n) is 4.78. The van der Waals surface area contributed by atoms with E-state index in [2.05, 4.69) is 31.3 Å². The Balaban J connectivity index is 1.54. The Kier molecular flexibility index (Phi) is 6.23. The van der Waals surface area contributed by atoms with Crippen LogP contribution >= 0.6 is 11.6 Å². The second kappa shape index (κ2) is 8.93. The zero-order chi connectivity index (χ0) is 22.9. The molecule has 6 nitrogen and oxygen atoms in total. The van der Waals surface area contributed by atoms with Crippen LogP contribution < -0.4 is 10.2 Å². The number of hydrogen-bond donors (Lipinski definition) is 1. The molecule has 1 fully saturated rings. The number of carbonyl (C=O) groups is 2. The summed E-state index contributed by atoms with van der Waals surface area (Å²) in [5, 5.41) is 12.9. The molecule has 2 heterocycles. The lowest BCUT2D eigenvalue weighted by molar-refractivity contribution is -0.130. The fraction of sp³-hybridized carbons (Fsp3) is 0.400. The molecule has 2 amide bonds. The van der Waals surface area contributed by atoms with Gasteiger partial charge in [0.25, 0.3) is 5.91 Å². The zero-order valence-corrected chi connectivity index (χ0v) is 19.2. The lowest BCUT2D eigenvalue weighted by atomic mass is 9.76. The largest absolute Gasteiger partial charge is 0.326 e. The van der Waals surface area contributed by atoms with E-state index in [9.17, 15) is 14.9 Å². The normalized spacial score (nSPS) is 19.2. The summed E-state index contributed by atoms with van der Waals surface area (Å²) in [6, 6.07) is 15.3. The Bertz CT molecular complexity index is 1090. The van der Waals surface area contributed by atoms with E-state index in [1.54, 1.807) is 15.9 Å². The Labute approximate surface area is 193 Å². The number of nitriles is 1. The van der Waals surface area contributed by atoms with Crippen molar-refractivity contribution >= 4 is 29.1 Å². The third kappa shape index (κ3) is 3.99. The van der Waals surface area contributed by atoms with E-state index in [1.807, 2.05) is 30.3 Å². The van der Waals surface area contributed by atoms with Crippen molar-refractivity contribution in [3.05, 3.63) is 64.2 Å². The third-order valence-electron chi connectivity index (χ3n) is 6.51. The van der Waals surface area contributed by atoms with Crippen LogP contribution in [0.4, 0.5) is 5.69 Å². The van der Waals surface area contributed by atoms with Crippen LogP contribution in [0.25, 0.3) is 0 Å². The number of rotatable bonds is 5. The van der Waals surface area contributed by atoms with E-state index in [4.69, 9.17) is 11.6 Å². The molecule has 166 valence electrons. The van der Waals surface area contributed by atoms with Crippen LogP contribution in [0.3, 0.4) is 0 Å². The van der Waals surface area contributed by atoms with Gasteiger partial charge < -0.3 is 15.1 Å². The van der Waals surface area contributed by atoms with Crippen molar-refractivity contribution in [2.75, 3.05) is 31.1 Å². The molecule has 0 radical (unpaired) electrons. The minimum Gasteiger partial charge on any atom is -0.326 e. The SMILES string of the molecule is CC1(C)c2ccc(Cl)cc2C(=O)N(CCNCC(=O)N2CCCC2C#N)c2ccccc21. The molecule has 32 heavy (non-hydrogen) atoms. The van der Waals surface area contributed by atoms with Gasteiger partial charge in [0, 0.05) is 41.3 Å². The lowest BCUT2D eigenvalue weighted by Gasteiger charge is -2.28. The lowest BCUT2D eigenvalue weighted by Crippen LogP contribution is -2.43. The Morgan fingerprint density at radius 1 is 1.25 bits per heavy atom. The number of benzene rings is 2. The van der Waals surface area contributed by atoms with Gasteiger partial charge >= 0.3 is 0 Å². The van der Waals surface area contributed by atoms with Crippen molar-refractivity contribution in [2.45, 2.75) is 38.1 Å². The molecule has 0 bridgehead atoms. The number of anilines is 1. The number of nitrogens with one attached hydrogen (secondary N) is 1. The molecule has 2 aromatic carbocycles. The van der Waals surface area contributed by atoms with Gasteiger partial charge in [-0.05, 0) is 42.2 Å². The molecule has 2 aliphatic heterocycles. The number of likely N-dealkylation sites (tertiary alicyclic amines) is 1. The highest BCUT2D eigenvalue weighted by molar-refractivity contribution is 6.31. The van der Waals surface area contributed by atoms with E-state index in [1.165, 1.54) is 0 Å². The Hall–Kier alpha value is -2.88. The molecule has 2 aromatic rings. The second-order valence-corrected chi connectivity index (χ2v) is 9.28. The quantitative estimate of drug-likeness (QED) is 0.704. The van der Waals surface area contributed by atoms with E-state index >= 15 is 0 Å². The minimum atomic E-state index is -0.369. The van der Waals surface area contributed by atoms with Crippen molar-refractivity contribution in [2.24, 2.45) is 0 Å². The first-order valence-electron chi connectivity index (χ1n) is 11.0. The van der Waals surface area contributed by atoms with Gasteiger partial charge in [-0.25, -0.2) is 0 Å². The Morgan fingerprint density at radius 3 is 2.81 bits per heavy atom. The average molecular weight is 451 g/mol. The van der Waals surface area contributed by atoms with Gasteiger partial charge in [-0.1, -0.05) is 49.7 Å². The summed E-state index contributed by atoms with van der Waals surface area (Å²) in [6.45, 7) is 5.88. The molecule has 1 N–H and O–H groups in total. The number of hydrogen-bond acceptors (Lipinski definition) is 4. The van der Waals surface area contributed by atoms with Gasteiger partial charge in [-0.3, -0.25) is 9.59 Å². The first-order valence-corrected chi connectivity index (χ1v) is 11.3. The molecule has 4 rings (SSSR count). The molecular weight excluding hydrogens is 424 g/mol. The zero-order valence-electron chi connectivity index (χ0n) is 18.4.